The molecule has 162 valence electrons. The molecule has 0 bridgehead atoms. The van der Waals surface area contributed by atoms with Gasteiger partial charge < -0.3 is 9.51 Å². The van der Waals surface area contributed by atoms with E-state index in [-0.39, 0.29) is 28.8 Å². The van der Waals surface area contributed by atoms with Crippen molar-refractivity contribution in [2.75, 3.05) is 0 Å². The van der Waals surface area contributed by atoms with Gasteiger partial charge in [0.05, 0.1) is 0 Å². The summed E-state index contributed by atoms with van der Waals surface area (Å²) in [7, 11) is 0. The highest BCUT2D eigenvalue weighted by atomic mass is 35.5. The molecule has 0 saturated carbocycles. The first kappa shape index (κ1) is 21.0. The zero-order valence-electron chi connectivity index (χ0n) is 16.8. The van der Waals surface area contributed by atoms with Gasteiger partial charge in [-0.1, -0.05) is 12.1 Å². The van der Waals surface area contributed by atoms with Gasteiger partial charge in [-0.05, 0) is 55.1 Å². The van der Waals surface area contributed by atoms with Crippen LogP contribution in [0.15, 0.2) is 38.4 Å². The zero-order valence-corrected chi connectivity index (χ0v) is 17.5. The number of aryl methyl sites for hydroxylation is 2. The Balaban J connectivity index is 1.45. The number of imidazole rings is 1. The summed E-state index contributed by atoms with van der Waals surface area (Å²) in [6, 6.07) is 5.82. The van der Waals surface area contributed by atoms with Crippen molar-refractivity contribution < 1.29 is 8.91 Å². The fourth-order valence-electron chi connectivity index (χ4n) is 3.38. The second-order valence-electron chi connectivity index (χ2n) is 7.09. The van der Waals surface area contributed by atoms with E-state index in [0.29, 0.717) is 49.5 Å². The van der Waals surface area contributed by atoms with Gasteiger partial charge in [-0.25, -0.2) is 9.18 Å². The van der Waals surface area contributed by atoms with E-state index in [2.05, 4.69) is 20.1 Å². The summed E-state index contributed by atoms with van der Waals surface area (Å²) in [5.74, 6) is 0.484. The van der Waals surface area contributed by atoms with E-state index in [1.165, 1.54) is 21.3 Å². The summed E-state index contributed by atoms with van der Waals surface area (Å²) in [5, 5.41) is 3.98. The van der Waals surface area contributed by atoms with Gasteiger partial charge in [-0.2, -0.15) is 9.97 Å². The number of benzene rings is 1. The highest BCUT2D eigenvalue weighted by Crippen LogP contribution is 2.17. The van der Waals surface area contributed by atoms with Crippen molar-refractivity contribution in [1.29, 1.82) is 0 Å². The monoisotopic (exact) mass is 446 g/mol. The van der Waals surface area contributed by atoms with Gasteiger partial charge in [-0.3, -0.25) is 13.9 Å². The third kappa shape index (κ3) is 4.29. The molecule has 11 heteroatoms. The Morgan fingerprint density at radius 2 is 1.87 bits per heavy atom. The fourth-order valence-corrected chi connectivity index (χ4v) is 3.55. The first-order valence-corrected chi connectivity index (χ1v) is 10.3. The second-order valence-corrected chi connectivity index (χ2v) is 7.45. The molecule has 9 nitrogen and oxygen atoms in total. The minimum atomic E-state index is -0.442. The fraction of sp³-hybridized carbons (Fsp3) is 0.350. The van der Waals surface area contributed by atoms with Crippen LogP contribution in [0.5, 0.6) is 0 Å². The van der Waals surface area contributed by atoms with Crippen LogP contribution in [-0.4, -0.2) is 29.2 Å². The molecule has 3 aromatic heterocycles. The van der Waals surface area contributed by atoms with Crippen LogP contribution in [-0.2, 0) is 19.5 Å². The smallest absolute Gasteiger partial charge is 0.332 e. The van der Waals surface area contributed by atoms with Crippen molar-refractivity contribution >= 4 is 22.8 Å². The van der Waals surface area contributed by atoms with E-state index in [9.17, 15) is 14.0 Å². The standard InChI is InChI=1S/C20H20ClFN6O3/c1-2-10-27-17-15(24-19(21)25-17)18(29)28(20(27)30)11-4-3-5-14-23-16(26-31-14)12-6-8-13(22)9-7-12/h6-9H,2-5,10-11H2,1H3,(H,24,25). The van der Waals surface area contributed by atoms with Crippen molar-refractivity contribution in [3.8, 4) is 11.4 Å². The number of halogens is 2. The molecule has 31 heavy (non-hydrogen) atoms. The van der Waals surface area contributed by atoms with E-state index >= 15 is 0 Å². The molecule has 0 spiro atoms. The number of rotatable bonds is 8. The van der Waals surface area contributed by atoms with Crippen molar-refractivity contribution in [3.05, 3.63) is 62.1 Å². The number of aromatic amines is 1. The quantitative estimate of drug-likeness (QED) is 0.328. The Kier molecular flexibility index (Phi) is 5.99. The third-order valence-corrected chi connectivity index (χ3v) is 5.05. The van der Waals surface area contributed by atoms with E-state index in [0.717, 1.165) is 0 Å². The first-order valence-electron chi connectivity index (χ1n) is 9.95. The lowest BCUT2D eigenvalue weighted by atomic mass is 10.2. The summed E-state index contributed by atoms with van der Waals surface area (Å²) >= 11 is 5.91. The SMILES string of the molecule is CCCn1c(=O)n(CCCCc2nc(-c3ccc(F)cc3)no2)c(=O)c2[nH]c(Cl)nc21. The normalized spacial score (nSPS) is 11.5. The van der Waals surface area contributed by atoms with Crippen molar-refractivity contribution in [2.24, 2.45) is 0 Å². The van der Waals surface area contributed by atoms with E-state index < -0.39 is 11.2 Å². The average molecular weight is 447 g/mol. The minimum absolute atomic E-state index is 0.0717. The van der Waals surface area contributed by atoms with Gasteiger partial charge in [0.15, 0.2) is 11.2 Å². The third-order valence-electron chi connectivity index (χ3n) is 4.87. The van der Waals surface area contributed by atoms with E-state index in [1.807, 2.05) is 6.92 Å². The van der Waals surface area contributed by atoms with Crippen LogP contribution in [0.25, 0.3) is 22.6 Å². The molecule has 1 aromatic carbocycles. The Labute approximate surface area is 180 Å². The molecule has 4 aromatic rings. The average Bonchev–Trinajstić information content (AvgIpc) is 3.38. The number of nitrogens with zero attached hydrogens (tertiary/aromatic N) is 5. The molecular weight excluding hydrogens is 427 g/mol. The number of unbranched alkanes of at least 4 members (excludes halogenated alkanes) is 1. The molecule has 0 atom stereocenters. The summed E-state index contributed by atoms with van der Waals surface area (Å²) in [6.07, 6.45) is 2.39. The van der Waals surface area contributed by atoms with Gasteiger partial charge in [0.1, 0.15) is 5.82 Å². The predicted octanol–water partition coefficient (Wildman–Crippen LogP) is 3.16. The maximum Gasteiger partial charge on any atom is 0.332 e. The predicted molar refractivity (Wildman–Crippen MR) is 113 cm³/mol. The van der Waals surface area contributed by atoms with Crippen molar-refractivity contribution in [3.63, 3.8) is 0 Å². The lowest BCUT2D eigenvalue weighted by molar-refractivity contribution is 0.372. The summed E-state index contributed by atoms with van der Waals surface area (Å²) in [5.41, 5.74) is 0.309. The molecule has 3 heterocycles. The molecular formula is C20H20ClFN6O3. The molecule has 0 fully saturated rings. The molecule has 0 aliphatic heterocycles. The molecule has 1 N–H and O–H groups in total. The highest BCUT2D eigenvalue weighted by molar-refractivity contribution is 6.28. The molecule has 0 amide bonds. The minimum Gasteiger partial charge on any atom is -0.339 e. The number of fused-ring (bicyclic) bond motifs is 1. The Bertz CT molecular complexity index is 1320. The largest absolute Gasteiger partial charge is 0.339 e. The summed E-state index contributed by atoms with van der Waals surface area (Å²) < 4.78 is 20.9. The molecule has 0 saturated heterocycles. The van der Waals surface area contributed by atoms with Crippen LogP contribution >= 0.6 is 11.6 Å². The first-order chi connectivity index (χ1) is 15.0. The Hall–Kier alpha value is -3.27. The number of nitrogens with one attached hydrogen (secondary N) is 1. The van der Waals surface area contributed by atoms with E-state index in [4.69, 9.17) is 16.1 Å². The summed E-state index contributed by atoms with van der Waals surface area (Å²) in [6.45, 7) is 2.62. The lowest BCUT2D eigenvalue weighted by Gasteiger charge is -2.10. The maximum absolute atomic E-state index is 13.0. The number of aromatic nitrogens is 6. The second kappa shape index (κ2) is 8.84. The summed E-state index contributed by atoms with van der Waals surface area (Å²) in [4.78, 5) is 36.7. The van der Waals surface area contributed by atoms with Crippen molar-refractivity contribution in [1.82, 2.24) is 29.2 Å². The molecule has 4 rings (SSSR count). The van der Waals surface area contributed by atoms with Crippen LogP contribution in [0.1, 0.15) is 32.1 Å². The van der Waals surface area contributed by atoms with Crippen LogP contribution in [0, 0.1) is 5.82 Å². The molecule has 0 aliphatic carbocycles. The van der Waals surface area contributed by atoms with Gasteiger partial charge in [0.25, 0.3) is 5.56 Å². The molecule has 0 aliphatic rings. The molecule has 0 radical (unpaired) electrons. The topological polar surface area (TPSA) is 112 Å². The molecule has 0 unspecified atom stereocenters. The number of hydrogen-bond acceptors (Lipinski definition) is 6. The highest BCUT2D eigenvalue weighted by Gasteiger charge is 2.16. The van der Waals surface area contributed by atoms with Crippen molar-refractivity contribution in [2.45, 2.75) is 45.7 Å². The Morgan fingerprint density at radius 3 is 2.61 bits per heavy atom. The Morgan fingerprint density at radius 1 is 1.10 bits per heavy atom. The van der Waals surface area contributed by atoms with Gasteiger partial charge in [0.2, 0.25) is 17.0 Å². The maximum atomic E-state index is 13.0. The van der Waals surface area contributed by atoms with Gasteiger partial charge >= 0.3 is 5.69 Å². The lowest BCUT2D eigenvalue weighted by Crippen LogP contribution is -2.40. The number of H-pyrrole nitrogens is 1. The van der Waals surface area contributed by atoms with Gasteiger partial charge in [-0.15, -0.1) is 0 Å². The van der Waals surface area contributed by atoms with Crippen LogP contribution in [0.4, 0.5) is 4.39 Å². The van der Waals surface area contributed by atoms with Crippen LogP contribution in [0.2, 0.25) is 5.28 Å². The van der Waals surface area contributed by atoms with Crippen LogP contribution in [0.3, 0.4) is 0 Å². The van der Waals surface area contributed by atoms with Gasteiger partial charge in [0, 0.05) is 25.1 Å². The van der Waals surface area contributed by atoms with E-state index in [1.54, 1.807) is 12.1 Å². The van der Waals surface area contributed by atoms with Crippen LogP contribution < -0.4 is 11.2 Å². The number of hydrogen-bond donors (Lipinski definition) is 1. The zero-order chi connectivity index (χ0) is 22.0.